The molecule has 1 heterocycles. The van der Waals surface area contributed by atoms with Crippen molar-refractivity contribution in [1.82, 2.24) is 0 Å². The fourth-order valence-electron chi connectivity index (χ4n) is 3.37. The Morgan fingerprint density at radius 1 is 0.976 bits per heavy atom. The van der Waals surface area contributed by atoms with Gasteiger partial charge in [0.25, 0.3) is 27.9 Å². The van der Waals surface area contributed by atoms with Gasteiger partial charge in [-0.2, -0.15) is 26.0 Å². The fourth-order valence-corrected chi connectivity index (χ4v) is 5.45. The van der Waals surface area contributed by atoms with Gasteiger partial charge in [0.05, 0.1) is 30.3 Å². The van der Waals surface area contributed by atoms with Gasteiger partial charge in [-0.05, 0) is 19.3 Å². The first-order valence-electron chi connectivity index (χ1n) is 12.8. The molecule has 0 aromatic rings. The molecule has 0 bridgehead atoms. The van der Waals surface area contributed by atoms with Crippen LogP contribution in [0.4, 0.5) is 26.3 Å². The van der Waals surface area contributed by atoms with Gasteiger partial charge in [0, 0.05) is 11.2 Å². The van der Waals surface area contributed by atoms with Crippen molar-refractivity contribution in [3.05, 3.63) is 0 Å². The molecule has 1 aliphatic heterocycles. The Kier molecular flexibility index (Phi) is 18.8. The maximum absolute atomic E-state index is 13.5. The lowest BCUT2D eigenvalue weighted by molar-refractivity contribution is -0.0965. The summed E-state index contributed by atoms with van der Waals surface area (Å²) in [6.45, 7) is 9.04. The van der Waals surface area contributed by atoms with Crippen molar-refractivity contribution >= 4 is 34.3 Å². The number of thioether (sulfide) groups is 1. The molecule has 9 nitrogen and oxygen atoms in total. The second-order valence-corrected chi connectivity index (χ2v) is 12.3. The Balaban J connectivity index is 0. The SMILES string of the molecule is CC[C@@H](O)[C@@H](C)C(F)(F)/C=N/OC.CC[C@@H](OS(C)(=O)=O)[C@@H](C)C(F)(F)/C=N/OC.CC[C@H]1SC(O)C(F)(F)[C@@H]1C. The summed E-state index contributed by atoms with van der Waals surface area (Å²) < 4.78 is 105. The second kappa shape index (κ2) is 18.4. The van der Waals surface area contributed by atoms with Gasteiger partial charge in [0.15, 0.2) is 5.44 Å². The molecule has 7 atom stereocenters. The third kappa shape index (κ3) is 14.6. The molecule has 1 fully saturated rings. The van der Waals surface area contributed by atoms with Crippen LogP contribution in [0.3, 0.4) is 0 Å². The highest BCUT2D eigenvalue weighted by atomic mass is 32.2. The molecular weight excluding hydrogens is 606 g/mol. The standard InChI is InChI=1S/C9H17F2NO4S.C8H15F2NO2.C7H12F2OS/c1-5-8(16-17(4,13)14)7(2)9(10,11)6-12-15-3;1-4-7(12)6(2)8(9,10)5-11-13-3;1-3-5-4(2)7(8,9)6(10)11-5/h6-8H,5H2,1-4H3;5-7,12H,4H2,1-3H3;4-6,10H,3H2,1-2H3/b12-6+;11-5+;/t7-,8-;6-,7-;4-,5-,6?/m111/s1. The first kappa shape index (κ1) is 41.8. The van der Waals surface area contributed by atoms with E-state index in [0.717, 1.165) is 25.1 Å². The molecule has 0 aromatic heterocycles. The minimum Gasteiger partial charge on any atom is -0.399 e. The van der Waals surface area contributed by atoms with Crippen LogP contribution in [-0.2, 0) is 24.0 Å². The van der Waals surface area contributed by atoms with E-state index in [1.807, 2.05) is 6.92 Å². The predicted molar refractivity (Wildman–Crippen MR) is 147 cm³/mol. The van der Waals surface area contributed by atoms with Crippen molar-refractivity contribution in [3.8, 4) is 0 Å². The van der Waals surface area contributed by atoms with Crippen LogP contribution in [0.2, 0.25) is 0 Å². The fraction of sp³-hybridized carbons (Fsp3) is 0.917. The number of halogens is 6. The maximum atomic E-state index is 13.5. The van der Waals surface area contributed by atoms with Crippen LogP contribution < -0.4 is 0 Å². The molecular formula is C24H44F6N2O7S2. The molecule has 41 heavy (non-hydrogen) atoms. The van der Waals surface area contributed by atoms with Crippen LogP contribution in [-0.4, -0.2) is 92.2 Å². The van der Waals surface area contributed by atoms with Crippen molar-refractivity contribution in [1.29, 1.82) is 0 Å². The lowest BCUT2D eigenvalue weighted by Crippen LogP contribution is -2.38. The lowest BCUT2D eigenvalue weighted by atomic mass is 9.96. The van der Waals surface area contributed by atoms with E-state index in [1.54, 1.807) is 13.8 Å². The number of aliphatic hydroxyl groups excluding tert-OH is 2. The van der Waals surface area contributed by atoms with Crippen LogP contribution in [0.1, 0.15) is 60.8 Å². The van der Waals surface area contributed by atoms with E-state index in [9.17, 15) is 39.9 Å². The van der Waals surface area contributed by atoms with E-state index >= 15 is 0 Å². The molecule has 1 unspecified atom stereocenters. The number of nitrogens with zero attached hydrogens (tertiary/aromatic N) is 2. The first-order valence-corrected chi connectivity index (χ1v) is 15.5. The van der Waals surface area contributed by atoms with Gasteiger partial charge in [-0.1, -0.05) is 51.9 Å². The highest BCUT2D eigenvalue weighted by Crippen LogP contribution is 2.49. The van der Waals surface area contributed by atoms with Crippen molar-refractivity contribution in [3.63, 3.8) is 0 Å². The van der Waals surface area contributed by atoms with Gasteiger partial charge >= 0.3 is 0 Å². The Labute approximate surface area is 243 Å². The first-order chi connectivity index (χ1) is 18.6. The van der Waals surface area contributed by atoms with Crippen molar-refractivity contribution < 1.29 is 58.8 Å². The Bertz CT molecular complexity index is 898. The monoisotopic (exact) mass is 650 g/mol. The van der Waals surface area contributed by atoms with Gasteiger partial charge in [-0.25, -0.2) is 8.78 Å². The topological polar surface area (TPSA) is 127 Å². The van der Waals surface area contributed by atoms with Crippen molar-refractivity contribution in [2.75, 3.05) is 20.5 Å². The summed E-state index contributed by atoms with van der Waals surface area (Å²) in [4.78, 5) is 8.32. The zero-order valence-electron chi connectivity index (χ0n) is 24.7. The largest absolute Gasteiger partial charge is 0.399 e. The van der Waals surface area contributed by atoms with E-state index in [2.05, 4.69) is 24.2 Å². The average Bonchev–Trinajstić information content (AvgIpc) is 3.10. The van der Waals surface area contributed by atoms with E-state index in [-0.39, 0.29) is 18.1 Å². The third-order valence-electron chi connectivity index (χ3n) is 6.33. The van der Waals surface area contributed by atoms with Crippen LogP contribution in [0.15, 0.2) is 10.3 Å². The molecule has 246 valence electrons. The quantitative estimate of drug-likeness (QED) is 0.117. The van der Waals surface area contributed by atoms with Crippen LogP contribution in [0, 0.1) is 17.8 Å². The molecule has 0 amide bonds. The molecule has 1 rings (SSSR count). The third-order valence-corrected chi connectivity index (χ3v) is 8.59. The van der Waals surface area contributed by atoms with E-state index in [0.29, 0.717) is 18.9 Å². The Morgan fingerprint density at radius 3 is 1.68 bits per heavy atom. The van der Waals surface area contributed by atoms with Crippen molar-refractivity contribution in [2.24, 2.45) is 28.1 Å². The smallest absolute Gasteiger partial charge is 0.291 e. The molecule has 0 saturated carbocycles. The summed E-state index contributed by atoms with van der Waals surface area (Å²) in [5.41, 5.74) is -1.50. The maximum Gasteiger partial charge on any atom is 0.291 e. The van der Waals surface area contributed by atoms with Gasteiger partial charge < -0.3 is 19.9 Å². The number of aliphatic hydroxyl groups is 2. The predicted octanol–water partition coefficient (Wildman–Crippen LogP) is 5.41. The lowest BCUT2D eigenvalue weighted by Gasteiger charge is -2.26. The van der Waals surface area contributed by atoms with Gasteiger partial charge in [-0.15, -0.1) is 11.8 Å². The van der Waals surface area contributed by atoms with Gasteiger partial charge in [0.1, 0.15) is 26.6 Å². The van der Waals surface area contributed by atoms with Crippen LogP contribution in [0.5, 0.6) is 0 Å². The normalized spacial score (nSPS) is 24.1. The van der Waals surface area contributed by atoms with Crippen LogP contribution in [0.25, 0.3) is 0 Å². The number of hydrogen-bond donors (Lipinski definition) is 2. The van der Waals surface area contributed by atoms with Gasteiger partial charge in [-0.3, -0.25) is 4.18 Å². The molecule has 0 radical (unpaired) electrons. The molecule has 0 aromatic carbocycles. The summed E-state index contributed by atoms with van der Waals surface area (Å²) in [7, 11) is -1.44. The number of rotatable bonds is 13. The minimum atomic E-state index is -3.77. The minimum absolute atomic E-state index is 0.0972. The Hall–Kier alpha value is -1.30. The molecule has 0 spiro atoms. The van der Waals surface area contributed by atoms with Gasteiger partial charge in [0.2, 0.25) is 0 Å². The summed E-state index contributed by atoms with van der Waals surface area (Å²) in [5.74, 6) is -12.5. The zero-order chi connectivity index (χ0) is 32.8. The van der Waals surface area contributed by atoms with E-state index in [1.165, 1.54) is 27.9 Å². The molecule has 1 saturated heterocycles. The average molecular weight is 651 g/mol. The summed E-state index contributed by atoms with van der Waals surface area (Å²) in [6, 6.07) is 0. The summed E-state index contributed by atoms with van der Waals surface area (Å²) >= 11 is 0.986. The Morgan fingerprint density at radius 2 is 1.41 bits per heavy atom. The zero-order valence-corrected chi connectivity index (χ0v) is 26.4. The highest BCUT2D eigenvalue weighted by Gasteiger charge is 2.54. The second-order valence-electron chi connectivity index (χ2n) is 9.38. The molecule has 2 N–H and O–H groups in total. The van der Waals surface area contributed by atoms with E-state index < -0.39 is 63.3 Å². The number of hydrogen-bond acceptors (Lipinski definition) is 10. The summed E-state index contributed by atoms with van der Waals surface area (Å²) in [5, 5.41) is 24.0. The molecule has 17 heteroatoms. The summed E-state index contributed by atoms with van der Waals surface area (Å²) in [6.07, 6.45) is 0.564. The number of oxime groups is 2. The van der Waals surface area contributed by atoms with Crippen molar-refractivity contribution in [2.45, 2.75) is 101 Å². The molecule has 0 aliphatic carbocycles. The number of alkyl halides is 6. The molecule has 1 aliphatic rings. The highest BCUT2D eigenvalue weighted by molar-refractivity contribution is 8.00. The van der Waals surface area contributed by atoms with Crippen LogP contribution >= 0.6 is 11.8 Å². The van der Waals surface area contributed by atoms with E-state index in [4.69, 9.17) is 5.11 Å².